The van der Waals surface area contributed by atoms with E-state index < -0.39 is 0 Å². The monoisotopic (exact) mass is 167 g/mol. The molecule has 1 N–H and O–H groups in total. The summed E-state index contributed by atoms with van der Waals surface area (Å²) in [5.74, 6) is 0.468. The van der Waals surface area contributed by atoms with E-state index in [1.165, 1.54) is 25.7 Å². The van der Waals surface area contributed by atoms with E-state index >= 15 is 0 Å². The standard InChI is InChI=1S/C10H17NO/c12-9-4-3-6-10(8-9)5-1-2-7-11-10/h11H,1-8H2/t10-/m0/s1. The molecule has 1 aliphatic carbocycles. The second kappa shape index (κ2) is 3.17. The summed E-state index contributed by atoms with van der Waals surface area (Å²) in [7, 11) is 0. The van der Waals surface area contributed by atoms with Crippen LogP contribution in [0.15, 0.2) is 0 Å². The molecule has 0 unspecified atom stereocenters. The van der Waals surface area contributed by atoms with Crippen molar-refractivity contribution in [1.82, 2.24) is 5.32 Å². The van der Waals surface area contributed by atoms with Crippen molar-refractivity contribution >= 4 is 5.78 Å². The summed E-state index contributed by atoms with van der Waals surface area (Å²) in [6, 6.07) is 0. The van der Waals surface area contributed by atoms with Crippen molar-refractivity contribution in [3.05, 3.63) is 0 Å². The molecule has 1 saturated carbocycles. The van der Waals surface area contributed by atoms with Gasteiger partial charge in [-0.25, -0.2) is 0 Å². The van der Waals surface area contributed by atoms with Crippen LogP contribution < -0.4 is 5.32 Å². The van der Waals surface area contributed by atoms with Gasteiger partial charge in [-0.2, -0.15) is 0 Å². The van der Waals surface area contributed by atoms with Crippen LogP contribution in [0.1, 0.15) is 44.9 Å². The largest absolute Gasteiger partial charge is 0.311 e. The highest BCUT2D eigenvalue weighted by Crippen LogP contribution is 2.32. The number of rotatable bonds is 0. The lowest BCUT2D eigenvalue weighted by Gasteiger charge is -2.40. The average Bonchev–Trinajstić information content (AvgIpc) is 2.05. The first kappa shape index (κ1) is 8.24. The minimum Gasteiger partial charge on any atom is -0.311 e. The fourth-order valence-corrected chi connectivity index (χ4v) is 2.57. The van der Waals surface area contributed by atoms with E-state index in [-0.39, 0.29) is 5.54 Å². The van der Waals surface area contributed by atoms with Crippen LogP contribution in [-0.2, 0) is 4.79 Å². The molecule has 0 bridgehead atoms. The molecule has 0 aromatic heterocycles. The first-order chi connectivity index (χ1) is 5.81. The zero-order chi connectivity index (χ0) is 8.44. The summed E-state index contributed by atoms with van der Waals surface area (Å²) >= 11 is 0. The van der Waals surface area contributed by atoms with Crippen LogP contribution >= 0.6 is 0 Å². The predicted molar refractivity (Wildman–Crippen MR) is 48.1 cm³/mol. The molecule has 0 radical (unpaired) electrons. The molecule has 2 aliphatic rings. The lowest BCUT2D eigenvalue weighted by Crippen LogP contribution is -2.51. The Balaban J connectivity index is 2.02. The minimum absolute atomic E-state index is 0.230. The van der Waals surface area contributed by atoms with E-state index in [4.69, 9.17) is 0 Å². The molecule has 1 spiro atoms. The normalized spacial score (nSPS) is 37.2. The summed E-state index contributed by atoms with van der Waals surface area (Å²) in [6.45, 7) is 1.12. The number of Topliss-reactive ketones (excluding diaryl/α,β-unsaturated/α-hetero) is 1. The molecule has 1 saturated heterocycles. The van der Waals surface area contributed by atoms with Crippen LogP contribution in [0.3, 0.4) is 0 Å². The van der Waals surface area contributed by atoms with Gasteiger partial charge in [0.05, 0.1) is 0 Å². The average molecular weight is 167 g/mol. The van der Waals surface area contributed by atoms with Gasteiger partial charge in [-0.15, -0.1) is 0 Å². The van der Waals surface area contributed by atoms with Gasteiger partial charge < -0.3 is 5.32 Å². The Morgan fingerprint density at radius 1 is 1.17 bits per heavy atom. The molecule has 1 heterocycles. The van der Waals surface area contributed by atoms with E-state index in [0.29, 0.717) is 5.78 Å². The van der Waals surface area contributed by atoms with Crippen LogP contribution in [-0.4, -0.2) is 17.9 Å². The van der Waals surface area contributed by atoms with Gasteiger partial charge in [-0.3, -0.25) is 4.79 Å². The van der Waals surface area contributed by atoms with Crippen molar-refractivity contribution in [3.63, 3.8) is 0 Å². The maximum absolute atomic E-state index is 11.3. The number of hydrogen-bond acceptors (Lipinski definition) is 2. The zero-order valence-electron chi connectivity index (χ0n) is 7.57. The van der Waals surface area contributed by atoms with E-state index in [1.807, 2.05) is 0 Å². The molecule has 2 fully saturated rings. The number of nitrogens with one attached hydrogen (secondary N) is 1. The van der Waals surface area contributed by atoms with E-state index in [9.17, 15) is 4.79 Å². The predicted octanol–water partition coefficient (Wildman–Crippen LogP) is 1.64. The second-order valence-electron chi connectivity index (χ2n) is 4.23. The molecule has 1 aliphatic heterocycles. The molecule has 68 valence electrons. The Bertz CT molecular complexity index is 177. The van der Waals surface area contributed by atoms with Crippen molar-refractivity contribution in [2.24, 2.45) is 0 Å². The van der Waals surface area contributed by atoms with Gasteiger partial charge in [0.2, 0.25) is 0 Å². The molecular weight excluding hydrogens is 150 g/mol. The number of hydrogen-bond donors (Lipinski definition) is 1. The summed E-state index contributed by atoms with van der Waals surface area (Å²) < 4.78 is 0. The lowest BCUT2D eigenvalue weighted by molar-refractivity contribution is -0.122. The van der Waals surface area contributed by atoms with Gasteiger partial charge in [0.15, 0.2) is 0 Å². The molecule has 0 aromatic rings. The molecular formula is C10H17NO. The van der Waals surface area contributed by atoms with Gasteiger partial charge in [0, 0.05) is 18.4 Å². The number of ketones is 1. The van der Waals surface area contributed by atoms with Gasteiger partial charge >= 0.3 is 0 Å². The maximum atomic E-state index is 11.3. The first-order valence-electron chi connectivity index (χ1n) is 5.08. The third-order valence-corrected chi connectivity index (χ3v) is 3.23. The highest BCUT2D eigenvalue weighted by molar-refractivity contribution is 5.80. The quantitative estimate of drug-likeness (QED) is 0.594. The van der Waals surface area contributed by atoms with E-state index in [0.717, 1.165) is 25.8 Å². The Morgan fingerprint density at radius 2 is 2.00 bits per heavy atom. The summed E-state index contributed by atoms with van der Waals surface area (Å²) in [4.78, 5) is 11.3. The SMILES string of the molecule is O=C1CCC[C@@]2(CCCCN2)C1. The minimum atomic E-state index is 0.230. The third kappa shape index (κ3) is 1.53. The van der Waals surface area contributed by atoms with Gasteiger partial charge in [0.1, 0.15) is 5.78 Å². The van der Waals surface area contributed by atoms with Crippen molar-refractivity contribution in [2.45, 2.75) is 50.5 Å². The molecule has 2 rings (SSSR count). The van der Waals surface area contributed by atoms with Gasteiger partial charge in [0.25, 0.3) is 0 Å². The Kier molecular flexibility index (Phi) is 2.18. The fraction of sp³-hybridized carbons (Fsp3) is 0.900. The number of carbonyl (C=O) groups excluding carboxylic acids is 1. The third-order valence-electron chi connectivity index (χ3n) is 3.23. The highest BCUT2D eigenvalue weighted by atomic mass is 16.1. The lowest BCUT2D eigenvalue weighted by atomic mass is 9.76. The van der Waals surface area contributed by atoms with Gasteiger partial charge in [-0.1, -0.05) is 6.42 Å². The number of piperidine rings is 1. The van der Waals surface area contributed by atoms with Crippen LogP contribution in [0.4, 0.5) is 0 Å². The summed E-state index contributed by atoms with van der Waals surface area (Å²) in [5, 5.41) is 3.54. The summed E-state index contributed by atoms with van der Waals surface area (Å²) in [5.41, 5.74) is 0.230. The van der Waals surface area contributed by atoms with E-state index in [2.05, 4.69) is 5.32 Å². The first-order valence-corrected chi connectivity index (χ1v) is 5.08. The van der Waals surface area contributed by atoms with Crippen molar-refractivity contribution < 1.29 is 4.79 Å². The van der Waals surface area contributed by atoms with E-state index in [1.54, 1.807) is 0 Å². The molecule has 1 atom stereocenters. The smallest absolute Gasteiger partial charge is 0.134 e. The summed E-state index contributed by atoms with van der Waals surface area (Å²) in [6.07, 6.45) is 7.76. The molecule has 0 amide bonds. The topological polar surface area (TPSA) is 29.1 Å². The molecule has 12 heavy (non-hydrogen) atoms. The van der Waals surface area contributed by atoms with Crippen molar-refractivity contribution in [3.8, 4) is 0 Å². The van der Waals surface area contributed by atoms with Crippen LogP contribution in [0.2, 0.25) is 0 Å². The van der Waals surface area contributed by atoms with Crippen LogP contribution in [0, 0.1) is 0 Å². The van der Waals surface area contributed by atoms with Gasteiger partial charge in [-0.05, 0) is 32.2 Å². The van der Waals surface area contributed by atoms with Crippen LogP contribution in [0.5, 0.6) is 0 Å². The fourth-order valence-electron chi connectivity index (χ4n) is 2.57. The number of carbonyl (C=O) groups is 1. The maximum Gasteiger partial charge on any atom is 0.134 e. The zero-order valence-corrected chi connectivity index (χ0v) is 7.57. The molecule has 0 aromatic carbocycles. The Labute approximate surface area is 73.7 Å². The molecule has 2 nitrogen and oxygen atoms in total. The highest BCUT2D eigenvalue weighted by Gasteiger charge is 2.35. The Morgan fingerprint density at radius 3 is 2.67 bits per heavy atom. The molecule has 2 heteroatoms. The van der Waals surface area contributed by atoms with Crippen molar-refractivity contribution in [1.29, 1.82) is 0 Å². The second-order valence-corrected chi connectivity index (χ2v) is 4.23. The van der Waals surface area contributed by atoms with Crippen LogP contribution in [0.25, 0.3) is 0 Å². The Hall–Kier alpha value is -0.370. The van der Waals surface area contributed by atoms with Crippen molar-refractivity contribution in [2.75, 3.05) is 6.54 Å².